The number of aromatic amines is 1. The molecule has 0 bridgehead atoms. The molecule has 0 aliphatic rings. The van der Waals surface area contributed by atoms with Crippen molar-refractivity contribution in [2.75, 3.05) is 13.7 Å². The largest absolute Gasteiger partial charge is 0.490 e. The molecular formula is C20H21N5O4S. The summed E-state index contributed by atoms with van der Waals surface area (Å²) >= 11 is 5.27. The lowest BCUT2D eigenvalue weighted by atomic mass is 10.1. The van der Waals surface area contributed by atoms with Gasteiger partial charge in [0.15, 0.2) is 11.6 Å². The van der Waals surface area contributed by atoms with Gasteiger partial charge in [-0.2, -0.15) is 14.9 Å². The van der Waals surface area contributed by atoms with Gasteiger partial charge in [0.2, 0.25) is 10.5 Å². The predicted octanol–water partition coefficient (Wildman–Crippen LogP) is 3.92. The fourth-order valence-corrected chi connectivity index (χ4v) is 3.11. The molecule has 156 valence electrons. The van der Waals surface area contributed by atoms with Crippen LogP contribution in [0.2, 0.25) is 0 Å². The van der Waals surface area contributed by atoms with E-state index in [1.807, 2.05) is 30.3 Å². The maximum Gasteiger partial charge on any atom is 0.315 e. The van der Waals surface area contributed by atoms with Crippen molar-refractivity contribution >= 4 is 24.1 Å². The van der Waals surface area contributed by atoms with Crippen LogP contribution in [0.3, 0.4) is 0 Å². The van der Waals surface area contributed by atoms with Crippen LogP contribution in [0, 0.1) is 14.9 Å². The summed E-state index contributed by atoms with van der Waals surface area (Å²) < 4.78 is 12.5. The van der Waals surface area contributed by atoms with E-state index in [4.69, 9.17) is 21.7 Å². The SMILES string of the molecule is CCOc1cc(/C=N\n2c(CCc3ccccc3)n[nH]c2=S)cc([N+](=O)[O-])c1OC. The summed E-state index contributed by atoms with van der Waals surface area (Å²) in [6.07, 6.45) is 2.88. The molecule has 0 aliphatic carbocycles. The number of nitrogens with one attached hydrogen (secondary N) is 1. The second-order valence-electron chi connectivity index (χ2n) is 6.25. The van der Waals surface area contributed by atoms with Gasteiger partial charge < -0.3 is 9.47 Å². The minimum atomic E-state index is -0.520. The van der Waals surface area contributed by atoms with Crippen LogP contribution in [0.1, 0.15) is 23.9 Å². The fourth-order valence-electron chi connectivity index (χ4n) is 2.92. The lowest BCUT2D eigenvalue weighted by molar-refractivity contribution is -0.385. The van der Waals surface area contributed by atoms with E-state index in [-0.39, 0.29) is 17.2 Å². The Balaban J connectivity index is 1.89. The number of nitro groups is 1. The second-order valence-corrected chi connectivity index (χ2v) is 6.64. The van der Waals surface area contributed by atoms with Gasteiger partial charge in [0, 0.05) is 18.1 Å². The molecule has 0 atom stereocenters. The van der Waals surface area contributed by atoms with Crippen LogP contribution in [-0.4, -0.2) is 39.7 Å². The number of benzene rings is 2. The van der Waals surface area contributed by atoms with Crippen LogP contribution in [0.4, 0.5) is 5.69 Å². The normalized spacial score (nSPS) is 11.0. The Bertz CT molecular complexity index is 1110. The first-order chi connectivity index (χ1) is 14.5. The van der Waals surface area contributed by atoms with Crippen molar-refractivity contribution in [1.29, 1.82) is 0 Å². The number of aromatic nitrogens is 3. The van der Waals surface area contributed by atoms with Gasteiger partial charge in [-0.3, -0.25) is 15.2 Å². The predicted molar refractivity (Wildman–Crippen MR) is 115 cm³/mol. The minimum Gasteiger partial charge on any atom is -0.490 e. The summed E-state index contributed by atoms with van der Waals surface area (Å²) in [7, 11) is 1.36. The molecule has 0 radical (unpaired) electrons. The van der Waals surface area contributed by atoms with E-state index in [1.165, 1.54) is 29.6 Å². The average molecular weight is 427 g/mol. The molecule has 1 aromatic heterocycles. The van der Waals surface area contributed by atoms with Gasteiger partial charge in [-0.25, -0.2) is 0 Å². The molecule has 3 rings (SSSR count). The van der Waals surface area contributed by atoms with Crippen LogP contribution in [0.25, 0.3) is 0 Å². The quantitative estimate of drug-likeness (QED) is 0.240. The summed E-state index contributed by atoms with van der Waals surface area (Å²) in [6.45, 7) is 2.13. The van der Waals surface area contributed by atoms with Gasteiger partial charge in [0.1, 0.15) is 0 Å². The summed E-state index contributed by atoms with van der Waals surface area (Å²) in [5.41, 5.74) is 1.45. The van der Waals surface area contributed by atoms with E-state index in [1.54, 1.807) is 13.0 Å². The van der Waals surface area contributed by atoms with Crippen molar-refractivity contribution in [1.82, 2.24) is 14.9 Å². The van der Waals surface area contributed by atoms with Crippen LogP contribution < -0.4 is 9.47 Å². The van der Waals surface area contributed by atoms with Crippen LogP contribution in [-0.2, 0) is 12.8 Å². The molecule has 2 aromatic carbocycles. The highest BCUT2D eigenvalue weighted by Crippen LogP contribution is 2.37. The molecule has 9 nitrogen and oxygen atoms in total. The first kappa shape index (κ1) is 21.2. The molecule has 30 heavy (non-hydrogen) atoms. The zero-order valence-electron chi connectivity index (χ0n) is 16.6. The Morgan fingerprint density at radius 1 is 1.30 bits per heavy atom. The monoisotopic (exact) mass is 427 g/mol. The summed E-state index contributed by atoms with van der Waals surface area (Å²) in [5.74, 6) is 1.01. The highest BCUT2D eigenvalue weighted by atomic mass is 32.1. The molecule has 0 fully saturated rings. The number of H-pyrrole nitrogens is 1. The Morgan fingerprint density at radius 2 is 2.07 bits per heavy atom. The first-order valence-electron chi connectivity index (χ1n) is 9.27. The Morgan fingerprint density at radius 3 is 2.73 bits per heavy atom. The molecule has 0 aliphatic heterocycles. The lowest BCUT2D eigenvalue weighted by Crippen LogP contribution is -2.03. The average Bonchev–Trinajstić information content (AvgIpc) is 3.10. The molecule has 0 amide bonds. The van der Waals surface area contributed by atoms with Gasteiger partial charge in [-0.05, 0) is 37.2 Å². The zero-order chi connectivity index (χ0) is 21.5. The molecular weight excluding hydrogens is 406 g/mol. The summed E-state index contributed by atoms with van der Waals surface area (Å²) in [5, 5.41) is 22.8. The van der Waals surface area contributed by atoms with Crippen LogP contribution >= 0.6 is 12.2 Å². The van der Waals surface area contributed by atoms with Crippen molar-refractivity contribution < 1.29 is 14.4 Å². The van der Waals surface area contributed by atoms with Gasteiger partial charge >= 0.3 is 5.69 Å². The summed E-state index contributed by atoms with van der Waals surface area (Å²) in [6, 6.07) is 13.0. The van der Waals surface area contributed by atoms with Crippen LogP contribution in [0.5, 0.6) is 11.5 Å². The third-order valence-corrected chi connectivity index (χ3v) is 4.54. The maximum absolute atomic E-state index is 11.4. The molecule has 1 heterocycles. The third-order valence-electron chi connectivity index (χ3n) is 4.28. The topological polar surface area (TPSA) is 108 Å². The molecule has 10 heteroatoms. The highest BCUT2D eigenvalue weighted by Gasteiger charge is 2.21. The lowest BCUT2D eigenvalue weighted by Gasteiger charge is -2.10. The van der Waals surface area contributed by atoms with Crippen molar-refractivity contribution in [3.8, 4) is 11.5 Å². The number of rotatable bonds is 9. The number of methoxy groups -OCH3 is 1. The number of ether oxygens (including phenoxy) is 2. The standard InChI is InChI=1S/C20H21N5O4S/c1-3-29-17-12-15(11-16(25(26)27)19(17)28-2)13-21-24-18(22-23-20(24)30)10-9-14-7-5-4-6-8-14/h4-8,11-13H,3,9-10H2,1-2H3,(H,23,30)/b21-13-. The van der Waals surface area contributed by atoms with Crippen molar-refractivity contribution in [2.45, 2.75) is 19.8 Å². The van der Waals surface area contributed by atoms with Gasteiger partial charge in [-0.15, -0.1) is 0 Å². The maximum atomic E-state index is 11.4. The molecule has 0 spiro atoms. The Kier molecular flexibility index (Phi) is 6.91. The second kappa shape index (κ2) is 9.79. The molecule has 0 unspecified atom stereocenters. The number of nitrogens with zero attached hydrogens (tertiary/aromatic N) is 4. The number of nitro benzene ring substituents is 1. The fraction of sp³-hybridized carbons (Fsp3) is 0.250. The van der Waals surface area contributed by atoms with E-state index in [0.717, 1.165) is 6.42 Å². The third kappa shape index (κ3) is 4.90. The first-order valence-corrected chi connectivity index (χ1v) is 9.68. The van der Waals surface area contributed by atoms with E-state index in [2.05, 4.69) is 15.3 Å². The number of aryl methyl sites for hydroxylation is 2. The van der Waals surface area contributed by atoms with E-state index in [9.17, 15) is 10.1 Å². The molecule has 0 saturated heterocycles. The summed E-state index contributed by atoms with van der Waals surface area (Å²) in [4.78, 5) is 10.9. The highest BCUT2D eigenvalue weighted by molar-refractivity contribution is 7.71. The number of hydrogen-bond acceptors (Lipinski definition) is 7. The van der Waals surface area contributed by atoms with Crippen LogP contribution in [0.15, 0.2) is 47.6 Å². The molecule has 0 saturated carbocycles. The number of hydrogen-bond donors (Lipinski definition) is 1. The van der Waals surface area contributed by atoms with E-state index < -0.39 is 4.92 Å². The van der Waals surface area contributed by atoms with Gasteiger partial charge in [-0.1, -0.05) is 30.3 Å². The Hall–Kier alpha value is -3.53. The van der Waals surface area contributed by atoms with E-state index in [0.29, 0.717) is 29.2 Å². The smallest absolute Gasteiger partial charge is 0.315 e. The minimum absolute atomic E-state index is 0.0717. The molecule has 1 N–H and O–H groups in total. The van der Waals surface area contributed by atoms with Gasteiger partial charge in [0.05, 0.1) is 24.9 Å². The van der Waals surface area contributed by atoms with Crippen molar-refractivity contribution in [3.63, 3.8) is 0 Å². The van der Waals surface area contributed by atoms with E-state index >= 15 is 0 Å². The van der Waals surface area contributed by atoms with Crippen molar-refractivity contribution in [2.24, 2.45) is 5.10 Å². The zero-order valence-corrected chi connectivity index (χ0v) is 17.4. The van der Waals surface area contributed by atoms with Gasteiger partial charge in [0.25, 0.3) is 0 Å². The Labute approximate surface area is 178 Å². The van der Waals surface area contributed by atoms with Crippen molar-refractivity contribution in [3.05, 3.63) is 74.3 Å². The molecule has 3 aromatic rings.